The number of halogens is 1. The Hall–Kier alpha value is -1.09. The van der Waals surface area contributed by atoms with Crippen molar-refractivity contribution < 1.29 is 4.39 Å². The molecule has 0 aliphatic carbocycles. The van der Waals surface area contributed by atoms with Gasteiger partial charge in [0.15, 0.2) is 0 Å². The van der Waals surface area contributed by atoms with Crippen LogP contribution in [-0.2, 0) is 0 Å². The molecule has 0 saturated carbocycles. The molecule has 1 fully saturated rings. The molecule has 17 heavy (non-hydrogen) atoms. The van der Waals surface area contributed by atoms with E-state index in [0.717, 1.165) is 31.6 Å². The molecule has 0 aromatic heterocycles. The number of hydrogen-bond donors (Lipinski definition) is 1. The van der Waals surface area contributed by atoms with Gasteiger partial charge in [-0.15, -0.1) is 0 Å². The number of hydrogen-bond acceptors (Lipinski definition) is 2. The number of piperidine rings is 1. The molecule has 2 N–H and O–H groups in total. The number of nitrogens with two attached hydrogens (primary N) is 1. The second-order valence-corrected chi connectivity index (χ2v) is 5.54. The summed E-state index contributed by atoms with van der Waals surface area (Å²) in [5.41, 5.74) is 6.96. The van der Waals surface area contributed by atoms with Gasteiger partial charge in [-0.2, -0.15) is 0 Å². The monoisotopic (exact) mass is 236 g/mol. The number of nitrogens with zero attached hydrogens (tertiary/aromatic N) is 1. The summed E-state index contributed by atoms with van der Waals surface area (Å²) in [7, 11) is 0. The van der Waals surface area contributed by atoms with E-state index in [2.05, 4.69) is 18.7 Å². The molecule has 0 amide bonds. The molecule has 3 heteroatoms. The normalized spacial score (nSPS) is 23.8. The Morgan fingerprint density at radius 3 is 2.53 bits per heavy atom. The molecule has 1 aromatic rings. The minimum atomic E-state index is -0.177. The summed E-state index contributed by atoms with van der Waals surface area (Å²) in [6, 6.07) is 6.78. The van der Waals surface area contributed by atoms with Crippen molar-refractivity contribution in [2.24, 2.45) is 11.7 Å². The molecule has 1 saturated heterocycles. The first-order valence-corrected chi connectivity index (χ1v) is 6.26. The summed E-state index contributed by atoms with van der Waals surface area (Å²) in [4.78, 5) is 2.36. The van der Waals surface area contributed by atoms with E-state index in [1.807, 2.05) is 12.1 Å². The maximum atomic E-state index is 12.9. The van der Waals surface area contributed by atoms with Gasteiger partial charge in [0.25, 0.3) is 0 Å². The fraction of sp³-hybridized carbons (Fsp3) is 0.571. The number of benzene rings is 1. The van der Waals surface area contributed by atoms with Crippen LogP contribution in [0.1, 0.15) is 26.7 Å². The molecule has 1 aliphatic rings. The van der Waals surface area contributed by atoms with Gasteiger partial charge in [0.2, 0.25) is 0 Å². The molecule has 0 spiro atoms. The third-order valence-electron chi connectivity index (χ3n) is 3.75. The minimum absolute atomic E-state index is 0.0973. The SMILES string of the molecule is CC1(C)CC(CN)CCN1c1ccc(F)cc1. The average Bonchev–Trinajstić information content (AvgIpc) is 2.29. The molecule has 2 rings (SSSR count). The minimum Gasteiger partial charge on any atom is -0.366 e. The lowest BCUT2D eigenvalue weighted by Crippen LogP contribution is -2.51. The summed E-state index contributed by atoms with van der Waals surface area (Å²) >= 11 is 0. The van der Waals surface area contributed by atoms with Crippen LogP contribution in [0.5, 0.6) is 0 Å². The lowest BCUT2D eigenvalue weighted by molar-refractivity contribution is 0.279. The van der Waals surface area contributed by atoms with Gasteiger partial charge in [-0.3, -0.25) is 0 Å². The Labute approximate surface area is 103 Å². The van der Waals surface area contributed by atoms with Crippen LogP contribution in [0.2, 0.25) is 0 Å². The van der Waals surface area contributed by atoms with Gasteiger partial charge in [-0.1, -0.05) is 0 Å². The highest BCUT2D eigenvalue weighted by atomic mass is 19.1. The van der Waals surface area contributed by atoms with E-state index >= 15 is 0 Å². The first kappa shape index (κ1) is 12.4. The van der Waals surface area contributed by atoms with Crippen LogP contribution < -0.4 is 10.6 Å². The molecular weight excluding hydrogens is 215 g/mol. The van der Waals surface area contributed by atoms with E-state index in [0.29, 0.717) is 5.92 Å². The van der Waals surface area contributed by atoms with Gasteiger partial charge >= 0.3 is 0 Å². The van der Waals surface area contributed by atoms with Crippen molar-refractivity contribution in [1.29, 1.82) is 0 Å². The van der Waals surface area contributed by atoms with Crippen LogP contribution in [-0.4, -0.2) is 18.6 Å². The molecule has 1 aromatic carbocycles. The van der Waals surface area contributed by atoms with Gasteiger partial charge in [-0.25, -0.2) is 4.39 Å². The first-order chi connectivity index (χ1) is 8.03. The molecule has 2 nitrogen and oxygen atoms in total. The summed E-state index contributed by atoms with van der Waals surface area (Å²) < 4.78 is 12.9. The Kier molecular flexibility index (Phi) is 3.38. The van der Waals surface area contributed by atoms with Gasteiger partial charge < -0.3 is 10.6 Å². The van der Waals surface area contributed by atoms with E-state index in [-0.39, 0.29) is 11.4 Å². The predicted molar refractivity (Wildman–Crippen MR) is 69.6 cm³/mol. The highest BCUT2D eigenvalue weighted by Crippen LogP contribution is 2.34. The molecule has 0 radical (unpaired) electrons. The van der Waals surface area contributed by atoms with E-state index in [4.69, 9.17) is 5.73 Å². The smallest absolute Gasteiger partial charge is 0.123 e. The zero-order chi connectivity index (χ0) is 12.5. The lowest BCUT2D eigenvalue weighted by atomic mass is 9.82. The summed E-state index contributed by atoms with van der Waals surface area (Å²) in [6.07, 6.45) is 2.22. The van der Waals surface area contributed by atoms with Crippen molar-refractivity contribution in [3.8, 4) is 0 Å². The lowest BCUT2D eigenvalue weighted by Gasteiger charge is -2.47. The quantitative estimate of drug-likeness (QED) is 0.855. The van der Waals surface area contributed by atoms with Crippen LogP contribution in [0, 0.1) is 11.7 Å². The maximum Gasteiger partial charge on any atom is 0.123 e. The van der Waals surface area contributed by atoms with Crippen LogP contribution in [0.3, 0.4) is 0 Å². The topological polar surface area (TPSA) is 29.3 Å². The molecule has 94 valence electrons. The van der Waals surface area contributed by atoms with Crippen molar-refractivity contribution in [3.63, 3.8) is 0 Å². The zero-order valence-corrected chi connectivity index (χ0v) is 10.6. The first-order valence-electron chi connectivity index (χ1n) is 6.26. The van der Waals surface area contributed by atoms with Crippen molar-refractivity contribution in [2.45, 2.75) is 32.2 Å². The van der Waals surface area contributed by atoms with Crippen LogP contribution >= 0.6 is 0 Å². The second kappa shape index (κ2) is 4.65. The standard InChI is InChI=1S/C14H21FN2/c1-14(2)9-11(10-16)7-8-17(14)13-5-3-12(15)4-6-13/h3-6,11H,7-10,16H2,1-2H3. The van der Waals surface area contributed by atoms with E-state index in [1.54, 1.807) is 0 Å². The van der Waals surface area contributed by atoms with E-state index in [9.17, 15) is 4.39 Å². The molecule has 1 heterocycles. The molecule has 1 unspecified atom stereocenters. The van der Waals surface area contributed by atoms with Crippen LogP contribution in [0.25, 0.3) is 0 Å². The Morgan fingerprint density at radius 2 is 2.00 bits per heavy atom. The number of anilines is 1. The average molecular weight is 236 g/mol. The second-order valence-electron chi connectivity index (χ2n) is 5.54. The Balaban J connectivity index is 2.18. The van der Waals surface area contributed by atoms with Crippen LogP contribution in [0.15, 0.2) is 24.3 Å². The van der Waals surface area contributed by atoms with Gasteiger partial charge in [-0.05, 0) is 63.4 Å². The fourth-order valence-corrected chi connectivity index (χ4v) is 2.83. The van der Waals surface area contributed by atoms with E-state index in [1.165, 1.54) is 12.1 Å². The fourth-order valence-electron chi connectivity index (χ4n) is 2.83. The third-order valence-corrected chi connectivity index (χ3v) is 3.75. The number of rotatable bonds is 2. The van der Waals surface area contributed by atoms with Crippen molar-refractivity contribution in [1.82, 2.24) is 0 Å². The largest absolute Gasteiger partial charge is 0.366 e. The molecular formula is C14H21FN2. The summed E-state index contributed by atoms with van der Waals surface area (Å²) in [6.45, 7) is 6.23. The zero-order valence-electron chi connectivity index (χ0n) is 10.6. The highest BCUT2D eigenvalue weighted by molar-refractivity contribution is 5.49. The van der Waals surface area contributed by atoms with Crippen molar-refractivity contribution in [2.75, 3.05) is 18.0 Å². The van der Waals surface area contributed by atoms with Gasteiger partial charge in [0.05, 0.1) is 0 Å². The third kappa shape index (κ3) is 2.60. The maximum absolute atomic E-state index is 12.9. The summed E-state index contributed by atoms with van der Waals surface area (Å²) in [5.74, 6) is 0.435. The van der Waals surface area contributed by atoms with Gasteiger partial charge in [0.1, 0.15) is 5.82 Å². The highest BCUT2D eigenvalue weighted by Gasteiger charge is 2.34. The Bertz CT molecular complexity index is 372. The molecule has 1 aliphatic heterocycles. The van der Waals surface area contributed by atoms with E-state index < -0.39 is 0 Å². The van der Waals surface area contributed by atoms with Crippen molar-refractivity contribution >= 4 is 5.69 Å². The van der Waals surface area contributed by atoms with Crippen molar-refractivity contribution in [3.05, 3.63) is 30.1 Å². The van der Waals surface area contributed by atoms with Gasteiger partial charge in [0, 0.05) is 17.8 Å². The van der Waals surface area contributed by atoms with Crippen LogP contribution in [0.4, 0.5) is 10.1 Å². The Morgan fingerprint density at radius 1 is 1.35 bits per heavy atom. The summed E-state index contributed by atoms with van der Waals surface area (Å²) in [5, 5.41) is 0. The molecule has 1 atom stereocenters. The predicted octanol–water partition coefficient (Wildman–Crippen LogP) is 2.78. The molecule has 0 bridgehead atoms.